The Morgan fingerprint density at radius 3 is 0.818 bits per heavy atom. The van der Waals surface area contributed by atoms with Crippen LogP contribution in [0.3, 0.4) is 0 Å². The van der Waals surface area contributed by atoms with Gasteiger partial charge in [0.1, 0.15) is 0 Å². The van der Waals surface area contributed by atoms with E-state index in [1.807, 2.05) is 146 Å². The summed E-state index contributed by atoms with van der Waals surface area (Å²) in [6.07, 6.45) is 6.65. The maximum Gasteiger partial charge on any atom is 0.241 e. The number of benzene rings is 4. The Bertz CT molecular complexity index is 950. The Balaban J connectivity index is -0.0000000528. The molecular weight excluding hydrogens is 850 g/mol. The van der Waals surface area contributed by atoms with Crippen LogP contribution in [0.15, 0.2) is 158 Å². The zero-order valence-electron chi connectivity index (χ0n) is 32.4. The number of amides is 2. The van der Waals surface area contributed by atoms with Crippen molar-refractivity contribution in [3.05, 3.63) is 158 Å². The van der Waals surface area contributed by atoms with E-state index in [1.165, 1.54) is 6.08 Å². The third kappa shape index (κ3) is 84.8. The van der Waals surface area contributed by atoms with Crippen LogP contribution in [0.1, 0.15) is 49.0 Å². The fourth-order valence-corrected chi connectivity index (χ4v) is 2.35. The van der Waals surface area contributed by atoms with Crippen molar-refractivity contribution < 1.29 is 105 Å². The molecule has 10 nitrogen and oxygen atoms in total. The zero-order valence-corrected chi connectivity index (χ0v) is 38.1. The number of allylic oxidation sites excluding steroid dienone is 1. The van der Waals surface area contributed by atoms with Gasteiger partial charge in [0.25, 0.3) is 0 Å². The smallest absolute Gasteiger partial charge is 0.241 e. The first-order valence-electron chi connectivity index (χ1n) is 15.7. The summed E-state index contributed by atoms with van der Waals surface area (Å²) >= 11 is 0. The number of aliphatic hydroxyl groups excluding tert-OH is 4. The molecule has 4 aromatic carbocycles. The number of hydrogen-bond acceptors (Lipinski definition) is 8. The summed E-state index contributed by atoms with van der Waals surface area (Å²) in [5, 5.41) is 32.8. The zero-order chi connectivity index (χ0) is 40.2. The summed E-state index contributed by atoms with van der Waals surface area (Å²) in [4.78, 5) is 40.8. The molecule has 0 spiro atoms. The Kier molecular flexibility index (Phi) is 111. The summed E-state index contributed by atoms with van der Waals surface area (Å²) in [5.74, 6) is -0.385. The average molecular weight is 919 g/mol. The molecule has 6 N–H and O–H groups in total. The summed E-state index contributed by atoms with van der Waals surface area (Å²) in [5.41, 5.74) is 0. The third-order valence-electron chi connectivity index (χ3n) is 4.40. The van der Waals surface area contributed by atoms with Crippen molar-refractivity contribution in [1.82, 2.24) is 10.6 Å². The molecule has 0 aliphatic rings. The van der Waals surface area contributed by atoms with Gasteiger partial charge in [-0.25, -0.2) is 12.6 Å². The molecule has 0 saturated heterocycles. The number of nitrogens with one attached hydrogen (secondary N) is 2. The van der Waals surface area contributed by atoms with Gasteiger partial charge in [0.15, 0.2) is 0 Å². The van der Waals surface area contributed by atoms with E-state index in [9.17, 15) is 19.2 Å². The van der Waals surface area contributed by atoms with E-state index in [4.69, 9.17) is 20.4 Å². The van der Waals surface area contributed by atoms with Crippen molar-refractivity contribution >= 4 is 24.4 Å². The van der Waals surface area contributed by atoms with Crippen LogP contribution in [0.4, 0.5) is 0 Å². The number of carbonyl (C=O) groups excluding carboxylic acids is 4. The molecule has 2 radical (unpaired) electrons. The SMILES string of the molecule is C.C.CC=CC(=O)NC(C)[C-]=O.CCC(=O)NC(C)[C-]=O.CO.CO.CO.CO.[Y].[Y].c1ccccc1.c1ccccc1.c1ccccc1.c1ccccc1. The summed E-state index contributed by atoms with van der Waals surface area (Å²) in [6.45, 7) is 6.61. The van der Waals surface area contributed by atoms with Crippen LogP contribution in [0.2, 0.25) is 0 Å². The third-order valence-corrected chi connectivity index (χ3v) is 4.40. The first-order valence-corrected chi connectivity index (χ1v) is 15.7. The minimum absolute atomic E-state index is 0. The van der Waals surface area contributed by atoms with Crippen molar-refractivity contribution in [2.24, 2.45) is 0 Å². The first-order chi connectivity index (χ1) is 24.9. The molecule has 0 fully saturated rings. The van der Waals surface area contributed by atoms with Crippen LogP contribution < -0.4 is 10.6 Å². The van der Waals surface area contributed by atoms with Gasteiger partial charge in [-0.05, 0) is 13.0 Å². The molecule has 0 heterocycles. The van der Waals surface area contributed by atoms with Gasteiger partial charge in [0.05, 0.1) is 0 Å². The Morgan fingerprint density at radius 2 is 0.673 bits per heavy atom. The number of carbonyl (C=O) groups is 2. The number of hydrogen-bond donors (Lipinski definition) is 6. The molecule has 0 aliphatic heterocycles. The molecule has 4 aromatic rings. The van der Waals surface area contributed by atoms with Gasteiger partial charge in [-0.1, -0.05) is 199 Å². The van der Waals surface area contributed by atoms with Gasteiger partial charge in [-0.2, -0.15) is 0 Å². The fourth-order valence-electron chi connectivity index (χ4n) is 2.35. The largest absolute Gasteiger partial charge is 0.540 e. The monoisotopic (exact) mass is 918 g/mol. The van der Waals surface area contributed by atoms with Crippen molar-refractivity contribution in [1.29, 1.82) is 0 Å². The Labute approximate surface area is 384 Å². The van der Waals surface area contributed by atoms with E-state index in [-0.39, 0.29) is 92.1 Å². The predicted molar refractivity (Wildman–Crippen MR) is 224 cm³/mol. The van der Waals surface area contributed by atoms with Gasteiger partial charge in [-0.15, -0.1) is 0 Å². The average Bonchev–Trinajstić information content (AvgIpc) is 3.24. The predicted octanol–water partition coefficient (Wildman–Crippen LogP) is 6.64. The number of aliphatic hydroxyl groups is 4. The van der Waals surface area contributed by atoms with Crippen LogP contribution >= 0.6 is 0 Å². The molecule has 2 amide bonds. The quantitative estimate of drug-likeness (QED) is 0.0924. The van der Waals surface area contributed by atoms with E-state index in [0.29, 0.717) is 6.42 Å². The second-order valence-electron chi connectivity index (χ2n) is 8.23. The van der Waals surface area contributed by atoms with Gasteiger partial charge in [0, 0.05) is 100 Å². The standard InChI is InChI=1S/C7H10NO2.C6H10NO2.4C6H6.4CH4O.2CH4.2Y/c1-3-4-7(10)8-6(2)5-9;1-3-6(9)7-5(2)4-8;4*1-2-4-6-5-3-1;4*1-2;;;;/h3-4,6H,1-2H3,(H,8,10);5H,3H2,1-2H3,(H,7,9);4*1-6H;4*2H,1H3;2*1H4;;/q2*-1;;;;;;;;;;;;. The van der Waals surface area contributed by atoms with Crippen molar-refractivity contribution in [2.75, 3.05) is 28.4 Å². The maximum absolute atomic E-state index is 10.6. The second kappa shape index (κ2) is 79.6. The first kappa shape index (κ1) is 76.6. The summed E-state index contributed by atoms with van der Waals surface area (Å²) < 4.78 is 0. The maximum atomic E-state index is 10.6. The Hall–Kier alpha value is -3.05. The van der Waals surface area contributed by atoms with Gasteiger partial charge in [-0.3, -0.25) is 9.59 Å². The molecule has 0 aromatic heterocycles. The molecule has 0 bridgehead atoms. The molecule has 2 unspecified atom stereocenters. The van der Waals surface area contributed by atoms with Crippen LogP contribution in [0.25, 0.3) is 0 Å². The van der Waals surface area contributed by atoms with Crippen LogP contribution in [-0.2, 0) is 84.6 Å². The van der Waals surface area contributed by atoms with E-state index >= 15 is 0 Å². The molecule has 0 aliphatic carbocycles. The second-order valence-corrected chi connectivity index (χ2v) is 8.23. The van der Waals surface area contributed by atoms with Crippen molar-refractivity contribution in [3.8, 4) is 0 Å². The number of rotatable bonds is 6. The van der Waals surface area contributed by atoms with E-state index in [2.05, 4.69) is 10.6 Å². The van der Waals surface area contributed by atoms with Crippen LogP contribution in [0.5, 0.6) is 0 Å². The minimum atomic E-state index is -0.524. The van der Waals surface area contributed by atoms with Crippen molar-refractivity contribution in [2.45, 2.75) is 61.1 Å². The normalized spacial score (nSPS) is 8.29. The van der Waals surface area contributed by atoms with Crippen LogP contribution in [-0.4, -0.2) is 85.3 Å². The van der Waals surface area contributed by atoms with Crippen LogP contribution in [0, 0.1) is 0 Å². The molecule has 4 rings (SSSR count). The minimum Gasteiger partial charge on any atom is -0.540 e. The topological polar surface area (TPSA) is 173 Å². The van der Waals surface area contributed by atoms with Crippen molar-refractivity contribution in [3.63, 3.8) is 0 Å². The summed E-state index contributed by atoms with van der Waals surface area (Å²) in [6, 6.07) is 47.0. The van der Waals surface area contributed by atoms with E-state index in [1.54, 1.807) is 46.3 Å². The molecule has 12 heteroatoms. The van der Waals surface area contributed by atoms with Gasteiger partial charge in [0.2, 0.25) is 11.8 Å². The molecule has 2 atom stereocenters. The fraction of sp³-hybridized carbons (Fsp3) is 0.302. The van der Waals surface area contributed by atoms with Gasteiger partial charge >= 0.3 is 0 Å². The van der Waals surface area contributed by atoms with Gasteiger partial charge < -0.3 is 40.6 Å². The molecule has 55 heavy (non-hydrogen) atoms. The van der Waals surface area contributed by atoms with E-state index in [0.717, 1.165) is 28.4 Å². The summed E-state index contributed by atoms with van der Waals surface area (Å²) in [7, 11) is 4.00. The molecule has 306 valence electrons. The molecule has 0 saturated carbocycles. The molecular formula is C43H68N2O8Y2-2. The Morgan fingerprint density at radius 1 is 0.491 bits per heavy atom. The van der Waals surface area contributed by atoms with E-state index < -0.39 is 12.1 Å².